The van der Waals surface area contributed by atoms with Gasteiger partial charge in [-0.25, -0.2) is 9.78 Å². The summed E-state index contributed by atoms with van der Waals surface area (Å²) in [6, 6.07) is 0. The first-order valence-electron chi connectivity index (χ1n) is 7.16. The molecule has 0 spiro atoms. The molecule has 0 amide bonds. The van der Waals surface area contributed by atoms with E-state index in [0.29, 0.717) is 16.6 Å². The molecule has 2 heterocycles. The minimum atomic E-state index is -0.555. The van der Waals surface area contributed by atoms with Gasteiger partial charge in [-0.15, -0.1) is 0 Å². The first-order valence-corrected chi connectivity index (χ1v) is 7.97. The highest BCUT2D eigenvalue weighted by atomic mass is 32.1. The van der Waals surface area contributed by atoms with E-state index in [-0.39, 0.29) is 24.2 Å². The zero-order chi connectivity index (χ0) is 15.2. The van der Waals surface area contributed by atoms with E-state index in [1.807, 2.05) is 0 Å². The molecule has 0 aromatic carbocycles. The van der Waals surface area contributed by atoms with Gasteiger partial charge in [0.15, 0.2) is 16.6 Å². The number of rotatable bonds is 6. The number of ether oxygens (including phenoxy) is 2. The van der Waals surface area contributed by atoms with Crippen molar-refractivity contribution in [2.75, 3.05) is 25.1 Å². The highest BCUT2D eigenvalue weighted by Gasteiger charge is 2.23. The summed E-state index contributed by atoms with van der Waals surface area (Å²) in [5.41, 5.74) is 0.0985. The maximum absolute atomic E-state index is 11.8. The van der Waals surface area contributed by atoms with Crippen LogP contribution >= 0.6 is 11.3 Å². The van der Waals surface area contributed by atoms with Crippen LogP contribution < -0.4 is 5.32 Å². The second-order valence-electron chi connectivity index (χ2n) is 4.84. The van der Waals surface area contributed by atoms with Gasteiger partial charge in [0.25, 0.3) is 0 Å². The van der Waals surface area contributed by atoms with Crippen molar-refractivity contribution < 1.29 is 19.1 Å². The number of nitrogens with zero attached hydrogens (tertiary/aromatic N) is 1. The first-order chi connectivity index (χ1) is 10.1. The number of esters is 1. The summed E-state index contributed by atoms with van der Waals surface area (Å²) in [6.07, 6.45) is 3.45. The Morgan fingerprint density at radius 3 is 2.90 bits per heavy atom. The number of anilines is 1. The lowest BCUT2D eigenvalue weighted by atomic mass is 10.1. The molecule has 0 saturated carbocycles. The second-order valence-corrected chi connectivity index (χ2v) is 5.84. The van der Waals surface area contributed by atoms with Crippen molar-refractivity contribution >= 4 is 28.2 Å². The molecular formula is C14H20N2O4S. The normalized spacial score (nSPS) is 18.3. The molecule has 1 aliphatic rings. The molecule has 1 unspecified atom stereocenters. The third kappa shape index (κ3) is 4.25. The smallest absolute Gasteiger partial charge is 0.358 e. The summed E-state index contributed by atoms with van der Waals surface area (Å²) < 4.78 is 10.6. The van der Waals surface area contributed by atoms with Crippen LogP contribution in [-0.2, 0) is 9.47 Å². The first kappa shape index (κ1) is 15.9. The highest BCUT2D eigenvalue weighted by molar-refractivity contribution is 7.17. The number of nitrogens with one attached hydrogen (secondary N) is 1. The summed E-state index contributed by atoms with van der Waals surface area (Å²) in [6.45, 7) is 4.82. The minimum Gasteiger partial charge on any atom is -0.461 e. The highest BCUT2D eigenvalue weighted by Crippen LogP contribution is 2.25. The largest absolute Gasteiger partial charge is 0.461 e. The Morgan fingerprint density at radius 1 is 1.48 bits per heavy atom. The Labute approximate surface area is 127 Å². The average molecular weight is 312 g/mol. The van der Waals surface area contributed by atoms with E-state index in [4.69, 9.17) is 9.47 Å². The second kappa shape index (κ2) is 7.51. The van der Waals surface area contributed by atoms with Crippen molar-refractivity contribution in [1.82, 2.24) is 4.98 Å². The van der Waals surface area contributed by atoms with Gasteiger partial charge in [-0.05, 0) is 26.2 Å². The molecule has 1 atom stereocenters. The maximum atomic E-state index is 11.8. The van der Waals surface area contributed by atoms with Crippen LogP contribution in [0.3, 0.4) is 0 Å². The van der Waals surface area contributed by atoms with E-state index in [1.54, 1.807) is 6.92 Å². The number of hydrogen-bond donors (Lipinski definition) is 1. The Kier molecular flexibility index (Phi) is 5.69. The zero-order valence-electron chi connectivity index (χ0n) is 12.3. The lowest BCUT2D eigenvalue weighted by Crippen LogP contribution is -2.26. The van der Waals surface area contributed by atoms with Crippen LogP contribution in [0, 0.1) is 0 Å². The molecule has 0 radical (unpaired) electrons. The number of Topliss-reactive ketones (excluding diaryl/α,β-unsaturated/α-hetero) is 1. The number of carbonyl (C=O) groups excluding carboxylic acids is 2. The van der Waals surface area contributed by atoms with Crippen LogP contribution in [0.1, 0.15) is 53.3 Å². The van der Waals surface area contributed by atoms with Gasteiger partial charge in [0, 0.05) is 20.1 Å². The SMILES string of the molecule is CCOC(=O)c1nc(NCC2CCCCO2)sc1C(C)=O. The monoisotopic (exact) mass is 312 g/mol. The average Bonchev–Trinajstić information content (AvgIpc) is 2.91. The van der Waals surface area contributed by atoms with E-state index >= 15 is 0 Å². The molecule has 1 aromatic rings. The van der Waals surface area contributed by atoms with Crippen LogP contribution in [0.4, 0.5) is 5.13 Å². The lowest BCUT2D eigenvalue weighted by Gasteiger charge is -2.22. The Balaban J connectivity index is 2.04. The Bertz CT molecular complexity index is 509. The lowest BCUT2D eigenvalue weighted by molar-refractivity contribution is 0.0247. The molecule has 0 aliphatic carbocycles. The molecule has 1 aromatic heterocycles. The summed E-state index contributed by atoms with van der Waals surface area (Å²) in [5.74, 6) is -0.738. The Morgan fingerprint density at radius 2 is 2.29 bits per heavy atom. The molecule has 1 aliphatic heterocycles. The van der Waals surface area contributed by atoms with Gasteiger partial charge in [0.05, 0.1) is 12.7 Å². The third-order valence-corrected chi connectivity index (χ3v) is 4.28. The van der Waals surface area contributed by atoms with Crippen molar-refractivity contribution in [3.63, 3.8) is 0 Å². The molecule has 21 heavy (non-hydrogen) atoms. The van der Waals surface area contributed by atoms with Crippen molar-refractivity contribution in [3.8, 4) is 0 Å². The van der Waals surface area contributed by atoms with Crippen LogP contribution in [-0.4, -0.2) is 42.6 Å². The standard InChI is InChI=1S/C14H20N2O4S/c1-3-19-13(18)11-12(9(2)17)21-14(16-11)15-8-10-6-4-5-7-20-10/h10H,3-8H2,1-2H3,(H,15,16). The van der Waals surface area contributed by atoms with E-state index < -0.39 is 5.97 Å². The molecule has 7 heteroatoms. The fraction of sp³-hybridized carbons (Fsp3) is 0.643. The van der Waals surface area contributed by atoms with Crippen LogP contribution in [0.2, 0.25) is 0 Å². The van der Waals surface area contributed by atoms with Gasteiger partial charge in [0.2, 0.25) is 0 Å². The zero-order valence-corrected chi connectivity index (χ0v) is 13.1. The van der Waals surface area contributed by atoms with Crippen molar-refractivity contribution in [2.24, 2.45) is 0 Å². The number of ketones is 1. The van der Waals surface area contributed by atoms with Gasteiger partial charge < -0.3 is 14.8 Å². The summed E-state index contributed by atoms with van der Waals surface area (Å²) in [4.78, 5) is 27.9. The van der Waals surface area contributed by atoms with E-state index in [9.17, 15) is 9.59 Å². The summed E-state index contributed by atoms with van der Waals surface area (Å²) in [5, 5.41) is 3.70. The molecular weight excluding hydrogens is 292 g/mol. The van der Waals surface area contributed by atoms with Crippen LogP contribution in [0.5, 0.6) is 0 Å². The molecule has 6 nitrogen and oxygen atoms in total. The van der Waals surface area contributed by atoms with Gasteiger partial charge in [-0.3, -0.25) is 4.79 Å². The third-order valence-electron chi connectivity index (χ3n) is 3.17. The van der Waals surface area contributed by atoms with Gasteiger partial charge in [-0.1, -0.05) is 11.3 Å². The predicted molar refractivity (Wildman–Crippen MR) is 80.2 cm³/mol. The Hall–Kier alpha value is -1.47. The van der Waals surface area contributed by atoms with E-state index in [2.05, 4.69) is 10.3 Å². The van der Waals surface area contributed by atoms with Crippen LogP contribution in [0.25, 0.3) is 0 Å². The van der Waals surface area contributed by atoms with E-state index in [0.717, 1.165) is 25.9 Å². The molecule has 1 fully saturated rings. The quantitative estimate of drug-likeness (QED) is 0.642. The molecule has 2 rings (SSSR count). The number of hydrogen-bond acceptors (Lipinski definition) is 7. The van der Waals surface area contributed by atoms with Gasteiger partial charge >= 0.3 is 5.97 Å². The maximum Gasteiger partial charge on any atom is 0.358 e. The van der Waals surface area contributed by atoms with Gasteiger partial charge in [0.1, 0.15) is 4.88 Å². The molecule has 0 bridgehead atoms. The van der Waals surface area contributed by atoms with Gasteiger partial charge in [-0.2, -0.15) is 0 Å². The van der Waals surface area contributed by atoms with E-state index in [1.165, 1.54) is 18.3 Å². The summed E-state index contributed by atoms with van der Waals surface area (Å²) in [7, 11) is 0. The number of aromatic nitrogens is 1. The number of carbonyl (C=O) groups is 2. The fourth-order valence-corrected chi connectivity index (χ4v) is 3.00. The molecule has 1 saturated heterocycles. The summed E-state index contributed by atoms with van der Waals surface area (Å²) >= 11 is 1.18. The fourth-order valence-electron chi connectivity index (χ4n) is 2.14. The van der Waals surface area contributed by atoms with Crippen molar-refractivity contribution in [2.45, 2.75) is 39.2 Å². The molecule has 1 N–H and O–H groups in total. The molecule has 116 valence electrons. The minimum absolute atomic E-state index is 0.0985. The van der Waals surface area contributed by atoms with Crippen LogP contribution in [0.15, 0.2) is 0 Å². The number of thiazole rings is 1. The van der Waals surface area contributed by atoms with Crippen molar-refractivity contribution in [1.29, 1.82) is 0 Å². The topological polar surface area (TPSA) is 77.5 Å². The van der Waals surface area contributed by atoms with Crippen molar-refractivity contribution in [3.05, 3.63) is 10.6 Å². The predicted octanol–water partition coefficient (Wildman–Crippen LogP) is 2.50.